The molecule has 138 valence electrons. The Morgan fingerprint density at radius 1 is 1.27 bits per heavy atom. The van der Waals surface area contributed by atoms with Gasteiger partial charge < -0.3 is 25.3 Å². The van der Waals surface area contributed by atoms with Crippen LogP contribution in [0.15, 0.2) is 40.8 Å². The predicted molar refractivity (Wildman–Crippen MR) is 92.6 cm³/mol. The van der Waals surface area contributed by atoms with E-state index in [1.165, 1.54) is 6.07 Å². The number of carboxylic acids is 1. The molecule has 0 saturated carbocycles. The Bertz CT molecular complexity index is 798. The van der Waals surface area contributed by atoms with Gasteiger partial charge in [0, 0.05) is 12.0 Å². The average Bonchev–Trinajstić information content (AvgIpc) is 3.09. The first kappa shape index (κ1) is 19.0. The summed E-state index contributed by atoms with van der Waals surface area (Å²) >= 11 is 0. The molecule has 0 bridgehead atoms. The highest BCUT2D eigenvalue weighted by molar-refractivity contribution is 5.95. The van der Waals surface area contributed by atoms with Gasteiger partial charge >= 0.3 is 5.97 Å². The summed E-state index contributed by atoms with van der Waals surface area (Å²) in [6.45, 7) is 2.40. The van der Waals surface area contributed by atoms with Gasteiger partial charge in [-0.2, -0.15) is 0 Å². The lowest BCUT2D eigenvalue weighted by molar-refractivity contribution is -0.137. The number of aliphatic carboxylic acids is 1. The molecule has 0 aliphatic carbocycles. The second-order valence-electron chi connectivity index (χ2n) is 5.49. The quantitative estimate of drug-likeness (QED) is 0.625. The number of carbonyl (C=O) groups is 3. The number of ether oxygens (including phenoxy) is 1. The Hall–Kier alpha value is -3.29. The maximum atomic E-state index is 12.2. The highest BCUT2D eigenvalue weighted by Gasteiger charge is 2.22. The molecule has 0 spiro atoms. The van der Waals surface area contributed by atoms with E-state index in [2.05, 4.69) is 5.32 Å². The predicted octanol–water partition coefficient (Wildman–Crippen LogP) is 1.79. The third-order valence-electron chi connectivity index (χ3n) is 3.55. The molecule has 26 heavy (non-hydrogen) atoms. The zero-order valence-electron chi connectivity index (χ0n) is 14.2. The minimum atomic E-state index is -1.09. The fraction of sp³-hybridized carbons (Fsp3) is 0.278. The Kier molecular flexibility index (Phi) is 6.37. The molecular formula is C18H20N2O6. The molecular weight excluding hydrogens is 340 g/mol. The number of nitrogens with one attached hydrogen (secondary N) is 1. The Labute approximate surface area is 149 Å². The molecule has 0 radical (unpaired) electrons. The van der Waals surface area contributed by atoms with Gasteiger partial charge in [0.15, 0.2) is 5.76 Å². The zero-order chi connectivity index (χ0) is 19.1. The standard InChI is InChI=1S/C18H20N2O6/c1-2-25-12-5-3-4-11(10-12)14-7-8-15(26-14)18(24)20-13(17(19)23)6-9-16(21)22/h3-5,7-8,10,13H,2,6,9H2,1H3,(H2,19,23)(H,20,24)(H,21,22)/t13-/m0/s1. The van der Waals surface area contributed by atoms with E-state index in [0.29, 0.717) is 18.1 Å². The lowest BCUT2D eigenvalue weighted by atomic mass is 10.1. The number of rotatable bonds is 9. The molecule has 2 aromatic rings. The number of carboxylic acid groups (broad SMARTS) is 1. The van der Waals surface area contributed by atoms with Crippen LogP contribution in [-0.4, -0.2) is 35.5 Å². The summed E-state index contributed by atoms with van der Waals surface area (Å²) in [6.07, 6.45) is -0.387. The van der Waals surface area contributed by atoms with E-state index in [1.54, 1.807) is 18.2 Å². The van der Waals surface area contributed by atoms with Crippen molar-refractivity contribution in [1.82, 2.24) is 5.32 Å². The normalized spacial score (nSPS) is 11.6. The van der Waals surface area contributed by atoms with Gasteiger partial charge in [0.2, 0.25) is 5.91 Å². The van der Waals surface area contributed by atoms with Crippen molar-refractivity contribution in [3.63, 3.8) is 0 Å². The summed E-state index contributed by atoms with van der Waals surface area (Å²) in [5.41, 5.74) is 5.93. The lowest BCUT2D eigenvalue weighted by Crippen LogP contribution is -2.44. The first-order valence-corrected chi connectivity index (χ1v) is 8.05. The summed E-state index contributed by atoms with van der Waals surface area (Å²) in [4.78, 5) is 34.2. The summed E-state index contributed by atoms with van der Waals surface area (Å²) in [7, 11) is 0. The van der Waals surface area contributed by atoms with Gasteiger partial charge in [-0.1, -0.05) is 12.1 Å². The van der Waals surface area contributed by atoms with Crippen LogP contribution in [0, 0.1) is 0 Å². The molecule has 0 unspecified atom stereocenters. The summed E-state index contributed by atoms with van der Waals surface area (Å²) < 4.78 is 11.0. The van der Waals surface area contributed by atoms with Crippen LogP contribution in [0.4, 0.5) is 0 Å². The van der Waals surface area contributed by atoms with Gasteiger partial charge in [0.05, 0.1) is 6.61 Å². The van der Waals surface area contributed by atoms with Crippen molar-refractivity contribution in [1.29, 1.82) is 0 Å². The van der Waals surface area contributed by atoms with E-state index in [0.717, 1.165) is 5.56 Å². The van der Waals surface area contributed by atoms with E-state index in [-0.39, 0.29) is 18.6 Å². The SMILES string of the molecule is CCOc1cccc(-c2ccc(C(=O)N[C@@H](CCC(=O)O)C(N)=O)o2)c1. The largest absolute Gasteiger partial charge is 0.494 e. The molecule has 2 amide bonds. The molecule has 0 aliphatic heterocycles. The highest BCUT2D eigenvalue weighted by Crippen LogP contribution is 2.26. The minimum Gasteiger partial charge on any atom is -0.494 e. The molecule has 0 fully saturated rings. The van der Waals surface area contributed by atoms with Gasteiger partial charge in [-0.25, -0.2) is 0 Å². The first-order chi connectivity index (χ1) is 12.4. The highest BCUT2D eigenvalue weighted by atomic mass is 16.5. The maximum Gasteiger partial charge on any atom is 0.303 e. The van der Waals surface area contributed by atoms with Crippen LogP contribution >= 0.6 is 0 Å². The third kappa shape index (κ3) is 5.10. The molecule has 8 heteroatoms. The van der Waals surface area contributed by atoms with Gasteiger partial charge in [-0.05, 0) is 37.6 Å². The van der Waals surface area contributed by atoms with Crippen LogP contribution in [0.25, 0.3) is 11.3 Å². The molecule has 2 rings (SSSR count). The van der Waals surface area contributed by atoms with Crippen molar-refractivity contribution in [2.45, 2.75) is 25.8 Å². The molecule has 0 saturated heterocycles. The van der Waals surface area contributed by atoms with Crippen molar-refractivity contribution in [3.05, 3.63) is 42.2 Å². The van der Waals surface area contributed by atoms with Gasteiger partial charge in [-0.3, -0.25) is 14.4 Å². The summed E-state index contributed by atoms with van der Waals surface area (Å²) in [5, 5.41) is 11.1. The Balaban J connectivity index is 2.10. The smallest absolute Gasteiger partial charge is 0.303 e. The van der Waals surface area contributed by atoms with Gasteiger partial charge in [-0.15, -0.1) is 0 Å². The summed E-state index contributed by atoms with van der Waals surface area (Å²) in [6, 6.07) is 9.20. The number of benzene rings is 1. The molecule has 8 nitrogen and oxygen atoms in total. The van der Waals surface area contributed by atoms with Crippen LogP contribution in [-0.2, 0) is 9.59 Å². The topological polar surface area (TPSA) is 132 Å². The van der Waals surface area contributed by atoms with Crippen LogP contribution < -0.4 is 15.8 Å². The fourth-order valence-electron chi connectivity index (χ4n) is 2.30. The van der Waals surface area contributed by atoms with Crippen molar-refractivity contribution < 1.29 is 28.6 Å². The van der Waals surface area contributed by atoms with E-state index < -0.39 is 23.8 Å². The van der Waals surface area contributed by atoms with E-state index in [1.807, 2.05) is 19.1 Å². The number of hydrogen-bond acceptors (Lipinski definition) is 5. The van der Waals surface area contributed by atoms with Crippen molar-refractivity contribution in [2.24, 2.45) is 5.73 Å². The van der Waals surface area contributed by atoms with Crippen LogP contribution in [0.1, 0.15) is 30.3 Å². The van der Waals surface area contributed by atoms with E-state index in [4.69, 9.17) is 20.0 Å². The van der Waals surface area contributed by atoms with Crippen molar-refractivity contribution in [2.75, 3.05) is 6.61 Å². The minimum absolute atomic E-state index is 0.0108. The number of furan rings is 1. The number of nitrogens with two attached hydrogens (primary N) is 1. The zero-order valence-corrected chi connectivity index (χ0v) is 14.2. The maximum absolute atomic E-state index is 12.2. The van der Waals surface area contributed by atoms with Crippen LogP contribution in [0.3, 0.4) is 0 Å². The van der Waals surface area contributed by atoms with Crippen LogP contribution in [0.2, 0.25) is 0 Å². The van der Waals surface area contributed by atoms with Gasteiger partial charge in [0.25, 0.3) is 5.91 Å². The molecule has 4 N–H and O–H groups in total. The lowest BCUT2D eigenvalue weighted by Gasteiger charge is -2.13. The Morgan fingerprint density at radius 3 is 2.69 bits per heavy atom. The second kappa shape index (κ2) is 8.70. The summed E-state index contributed by atoms with van der Waals surface area (Å²) in [5.74, 6) is -1.42. The molecule has 0 aliphatic rings. The number of primary amides is 1. The molecule has 1 atom stereocenters. The monoisotopic (exact) mass is 360 g/mol. The number of hydrogen-bond donors (Lipinski definition) is 3. The van der Waals surface area contributed by atoms with Crippen molar-refractivity contribution in [3.8, 4) is 17.1 Å². The molecule has 1 aromatic carbocycles. The van der Waals surface area contributed by atoms with Crippen LogP contribution in [0.5, 0.6) is 5.75 Å². The number of amides is 2. The second-order valence-corrected chi connectivity index (χ2v) is 5.49. The molecule has 1 heterocycles. The number of carbonyl (C=O) groups excluding carboxylic acids is 2. The Morgan fingerprint density at radius 2 is 2.04 bits per heavy atom. The van der Waals surface area contributed by atoms with E-state index >= 15 is 0 Å². The third-order valence-corrected chi connectivity index (χ3v) is 3.55. The molecule has 1 aromatic heterocycles. The van der Waals surface area contributed by atoms with Gasteiger partial charge in [0.1, 0.15) is 17.6 Å². The fourth-order valence-corrected chi connectivity index (χ4v) is 2.30. The van der Waals surface area contributed by atoms with Crippen molar-refractivity contribution >= 4 is 17.8 Å². The first-order valence-electron chi connectivity index (χ1n) is 8.05. The average molecular weight is 360 g/mol. The van der Waals surface area contributed by atoms with E-state index in [9.17, 15) is 14.4 Å².